The molecular formula is C15H23N5O4S. The minimum Gasteiger partial charge on any atom is -0.379 e. The third-order valence-corrected chi connectivity index (χ3v) is 6.08. The van der Waals surface area contributed by atoms with Crippen LogP contribution in [0.25, 0.3) is 0 Å². The Kier molecular flexibility index (Phi) is 4.46. The third-order valence-electron chi connectivity index (χ3n) is 4.35. The topological polar surface area (TPSA) is 114 Å². The molecule has 2 aromatic rings. The zero-order chi connectivity index (χ0) is 18.4. The van der Waals surface area contributed by atoms with Crippen LogP contribution in [-0.4, -0.2) is 50.6 Å². The van der Waals surface area contributed by atoms with Gasteiger partial charge in [0.05, 0.1) is 12.9 Å². The fraction of sp³-hybridized carbons (Fsp3) is 0.667. The summed E-state index contributed by atoms with van der Waals surface area (Å²) in [4.78, 5) is 8.21. The number of rotatable bonds is 5. The summed E-state index contributed by atoms with van der Waals surface area (Å²) in [5.74, 6) is 0.601. The molecule has 25 heavy (non-hydrogen) atoms. The average Bonchev–Trinajstić information content (AvgIpc) is 3.26. The van der Waals surface area contributed by atoms with Gasteiger partial charge in [-0.1, -0.05) is 19.0 Å². The van der Waals surface area contributed by atoms with E-state index < -0.39 is 15.6 Å². The molecule has 0 aliphatic carbocycles. The number of hydrogen-bond donors (Lipinski definition) is 1. The molecule has 1 saturated heterocycles. The van der Waals surface area contributed by atoms with Gasteiger partial charge < -0.3 is 14.2 Å². The van der Waals surface area contributed by atoms with Crippen LogP contribution in [0, 0.1) is 0 Å². The monoisotopic (exact) mass is 369 g/mol. The number of nitrogens with zero attached hydrogens (tertiary/aromatic N) is 5. The van der Waals surface area contributed by atoms with Crippen LogP contribution in [-0.2, 0) is 15.6 Å². The van der Waals surface area contributed by atoms with Crippen molar-refractivity contribution < 1.29 is 18.0 Å². The highest BCUT2D eigenvalue weighted by Crippen LogP contribution is 2.34. The summed E-state index contributed by atoms with van der Waals surface area (Å²) in [6.45, 7) is 7.73. The predicted octanol–water partition coefficient (Wildman–Crippen LogP) is 1.25. The Morgan fingerprint density at radius 3 is 2.60 bits per heavy atom. The van der Waals surface area contributed by atoms with Crippen LogP contribution in [0.4, 0.5) is 0 Å². The lowest BCUT2D eigenvalue weighted by Gasteiger charge is -2.18. The first kappa shape index (κ1) is 18.0. The van der Waals surface area contributed by atoms with Crippen molar-refractivity contribution in [1.82, 2.24) is 24.0 Å². The number of aromatic nitrogens is 4. The first-order valence-electron chi connectivity index (χ1n) is 8.23. The highest BCUT2D eigenvalue weighted by atomic mass is 32.2. The van der Waals surface area contributed by atoms with Crippen LogP contribution >= 0.6 is 0 Å². The molecule has 1 N–H and O–H groups in total. The minimum absolute atomic E-state index is 0.0288. The second-order valence-electron chi connectivity index (χ2n) is 6.99. The molecule has 138 valence electrons. The first-order valence-corrected chi connectivity index (χ1v) is 9.67. The molecule has 3 heterocycles. The summed E-state index contributed by atoms with van der Waals surface area (Å²) >= 11 is 0. The smallest absolute Gasteiger partial charge is 0.262 e. The van der Waals surface area contributed by atoms with E-state index in [1.807, 2.05) is 27.7 Å². The van der Waals surface area contributed by atoms with Gasteiger partial charge in [0.15, 0.2) is 16.5 Å². The lowest BCUT2D eigenvalue weighted by molar-refractivity contribution is 0.0194. The second-order valence-corrected chi connectivity index (χ2v) is 8.87. The Balaban J connectivity index is 1.82. The summed E-state index contributed by atoms with van der Waals surface area (Å²) in [5, 5.41) is 14.6. The summed E-state index contributed by atoms with van der Waals surface area (Å²) in [7, 11) is -3.79. The van der Waals surface area contributed by atoms with Crippen LogP contribution in [0.2, 0.25) is 0 Å². The Morgan fingerprint density at radius 1 is 1.32 bits per heavy atom. The SMILES string of the molecule is CC(C)c1noc(C2(O)CCN(S(=O)(=O)c3cn(C(C)C)cn3)C2)n1. The second kappa shape index (κ2) is 6.19. The normalized spacial score (nSPS) is 22.4. The van der Waals surface area contributed by atoms with Crippen LogP contribution in [0.5, 0.6) is 0 Å². The first-order chi connectivity index (χ1) is 11.6. The summed E-state index contributed by atoms with van der Waals surface area (Å²) in [6.07, 6.45) is 3.19. The molecule has 0 aromatic carbocycles. The fourth-order valence-corrected chi connectivity index (χ4v) is 4.08. The molecule has 0 bridgehead atoms. The van der Waals surface area contributed by atoms with Crippen LogP contribution in [0.15, 0.2) is 22.1 Å². The molecule has 1 aliphatic heterocycles. The van der Waals surface area contributed by atoms with Crippen molar-refractivity contribution in [2.24, 2.45) is 0 Å². The van der Waals surface area contributed by atoms with Gasteiger partial charge in [0.2, 0.25) is 0 Å². The van der Waals surface area contributed by atoms with E-state index in [0.717, 1.165) is 0 Å². The lowest BCUT2D eigenvalue weighted by Crippen LogP contribution is -2.34. The van der Waals surface area contributed by atoms with Crippen molar-refractivity contribution in [3.05, 3.63) is 24.2 Å². The van der Waals surface area contributed by atoms with Gasteiger partial charge in [0.1, 0.15) is 0 Å². The standard InChI is InChI=1S/C15H23N5O4S/c1-10(2)13-17-14(24-18-13)15(21)5-6-20(8-15)25(22,23)12-7-19(9-16-12)11(3)4/h7,9-11,21H,5-6,8H2,1-4H3. The molecule has 1 aliphatic rings. The van der Waals surface area contributed by atoms with E-state index in [2.05, 4.69) is 15.1 Å². The van der Waals surface area contributed by atoms with Gasteiger partial charge in [0, 0.05) is 31.1 Å². The maximum absolute atomic E-state index is 12.8. The maximum Gasteiger partial charge on any atom is 0.262 e. The number of aliphatic hydroxyl groups is 1. The van der Waals surface area contributed by atoms with Gasteiger partial charge in [-0.25, -0.2) is 13.4 Å². The molecule has 9 nitrogen and oxygen atoms in total. The van der Waals surface area contributed by atoms with Gasteiger partial charge in [-0.3, -0.25) is 0 Å². The Hall–Kier alpha value is -1.78. The van der Waals surface area contributed by atoms with Gasteiger partial charge in [0.25, 0.3) is 15.9 Å². The predicted molar refractivity (Wildman–Crippen MR) is 88.3 cm³/mol. The highest BCUT2D eigenvalue weighted by Gasteiger charge is 2.47. The number of β-amino-alcohol motifs (C(OH)–C–C–N with tert-alkyl or cyclic N) is 1. The van der Waals surface area contributed by atoms with Crippen molar-refractivity contribution >= 4 is 10.0 Å². The van der Waals surface area contributed by atoms with Crippen LogP contribution < -0.4 is 0 Å². The van der Waals surface area contributed by atoms with Crippen molar-refractivity contribution in [3.8, 4) is 0 Å². The number of imidazole rings is 1. The van der Waals surface area contributed by atoms with E-state index in [-0.39, 0.29) is 42.4 Å². The number of hydrogen-bond acceptors (Lipinski definition) is 7. The van der Waals surface area contributed by atoms with E-state index >= 15 is 0 Å². The van der Waals surface area contributed by atoms with E-state index in [1.165, 1.54) is 16.8 Å². The fourth-order valence-electron chi connectivity index (χ4n) is 2.66. The average molecular weight is 369 g/mol. The van der Waals surface area contributed by atoms with Gasteiger partial charge >= 0.3 is 0 Å². The van der Waals surface area contributed by atoms with Crippen LogP contribution in [0.3, 0.4) is 0 Å². The summed E-state index contributed by atoms with van der Waals surface area (Å²) in [5.41, 5.74) is -1.48. The van der Waals surface area contributed by atoms with Gasteiger partial charge in [-0.15, -0.1) is 0 Å². The van der Waals surface area contributed by atoms with E-state index in [0.29, 0.717) is 5.82 Å². The molecule has 1 fully saturated rings. The van der Waals surface area contributed by atoms with Crippen molar-refractivity contribution in [2.75, 3.05) is 13.1 Å². The Morgan fingerprint density at radius 2 is 2.04 bits per heavy atom. The zero-order valence-corrected chi connectivity index (χ0v) is 15.6. The Labute approximate surface area is 146 Å². The van der Waals surface area contributed by atoms with Gasteiger partial charge in [-0.05, 0) is 13.8 Å². The molecule has 2 aromatic heterocycles. The van der Waals surface area contributed by atoms with Crippen molar-refractivity contribution in [2.45, 2.75) is 56.7 Å². The molecule has 0 saturated carbocycles. The molecule has 0 spiro atoms. The quantitative estimate of drug-likeness (QED) is 0.843. The van der Waals surface area contributed by atoms with Crippen LogP contribution in [0.1, 0.15) is 57.8 Å². The van der Waals surface area contributed by atoms with E-state index in [4.69, 9.17) is 4.52 Å². The zero-order valence-electron chi connectivity index (χ0n) is 14.7. The molecule has 0 radical (unpaired) electrons. The molecule has 1 unspecified atom stereocenters. The molecular weight excluding hydrogens is 346 g/mol. The minimum atomic E-state index is -3.79. The summed E-state index contributed by atoms with van der Waals surface area (Å²) in [6, 6.07) is 0.111. The summed E-state index contributed by atoms with van der Waals surface area (Å²) < 4.78 is 33.6. The molecule has 10 heteroatoms. The molecule has 1 atom stereocenters. The lowest BCUT2D eigenvalue weighted by atomic mass is 10.0. The van der Waals surface area contributed by atoms with E-state index in [9.17, 15) is 13.5 Å². The maximum atomic E-state index is 12.8. The molecule has 3 rings (SSSR count). The third kappa shape index (κ3) is 3.21. The molecule has 0 amide bonds. The van der Waals surface area contributed by atoms with Crippen molar-refractivity contribution in [3.63, 3.8) is 0 Å². The van der Waals surface area contributed by atoms with Gasteiger partial charge in [-0.2, -0.15) is 9.29 Å². The largest absolute Gasteiger partial charge is 0.379 e. The number of sulfonamides is 1. The highest BCUT2D eigenvalue weighted by molar-refractivity contribution is 7.89. The Bertz CT molecular complexity index is 857. The van der Waals surface area contributed by atoms with Crippen molar-refractivity contribution in [1.29, 1.82) is 0 Å². The van der Waals surface area contributed by atoms with E-state index in [1.54, 1.807) is 4.57 Å².